The van der Waals surface area contributed by atoms with Crippen molar-refractivity contribution in [1.29, 1.82) is 0 Å². The van der Waals surface area contributed by atoms with E-state index in [9.17, 15) is 13.2 Å². The number of anilines is 2. The first-order chi connectivity index (χ1) is 12.8. The Morgan fingerprint density at radius 3 is 2.59 bits per heavy atom. The molecule has 0 saturated carbocycles. The average Bonchev–Trinajstić information content (AvgIpc) is 3.09. The number of aromatic nitrogens is 2. The summed E-state index contributed by atoms with van der Waals surface area (Å²) >= 11 is 0. The Balaban J connectivity index is 1.54. The lowest BCUT2D eigenvalue weighted by atomic mass is 10.2. The van der Waals surface area contributed by atoms with Crippen LogP contribution in [0, 0.1) is 0 Å². The molecule has 2 aromatic heterocycles. The van der Waals surface area contributed by atoms with E-state index in [1.165, 1.54) is 0 Å². The van der Waals surface area contributed by atoms with Crippen molar-refractivity contribution in [3.63, 3.8) is 0 Å². The van der Waals surface area contributed by atoms with E-state index in [4.69, 9.17) is 0 Å². The zero-order valence-electron chi connectivity index (χ0n) is 15.1. The maximum Gasteiger partial charge on any atom is 0.251 e. The largest absolute Gasteiger partial charge is 0.378 e. The van der Waals surface area contributed by atoms with E-state index in [0.717, 1.165) is 11.2 Å². The summed E-state index contributed by atoms with van der Waals surface area (Å²) in [5, 5.41) is 6.69. The molecule has 0 unspecified atom stereocenters. The molecule has 8 nitrogen and oxygen atoms in total. The Morgan fingerprint density at radius 2 is 1.89 bits per heavy atom. The highest BCUT2D eigenvalue weighted by atomic mass is 32.2. The van der Waals surface area contributed by atoms with Gasteiger partial charge in [-0.05, 0) is 42.5 Å². The van der Waals surface area contributed by atoms with Crippen molar-refractivity contribution >= 4 is 32.8 Å². The van der Waals surface area contributed by atoms with Gasteiger partial charge in [0, 0.05) is 44.3 Å². The van der Waals surface area contributed by atoms with Crippen molar-refractivity contribution in [3.8, 4) is 0 Å². The number of hydrogen-bond donors (Lipinski definition) is 2. The summed E-state index contributed by atoms with van der Waals surface area (Å²) in [7, 11) is 0.246. The molecule has 9 heteroatoms. The van der Waals surface area contributed by atoms with Crippen LogP contribution in [0.2, 0.25) is 0 Å². The van der Waals surface area contributed by atoms with Gasteiger partial charge in [-0.2, -0.15) is 5.10 Å². The van der Waals surface area contributed by atoms with Crippen molar-refractivity contribution < 1.29 is 13.2 Å². The van der Waals surface area contributed by atoms with E-state index in [2.05, 4.69) is 15.1 Å². The standard InChI is InChI=1S/C18H21N5O3S/c1-22(2)16-5-3-14(4-6-16)18(24)19-10-12-27(25,26)21-15-8-11-23-17(13-15)7-9-20-23/h3-9,11,13,21H,10,12H2,1-2H3,(H,19,24). The van der Waals surface area contributed by atoms with Gasteiger partial charge in [0.1, 0.15) is 0 Å². The number of carbonyl (C=O) groups is 1. The number of amides is 1. The smallest absolute Gasteiger partial charge is 0.251 e. The van der Waals surface area contributed by atoms with E-state index < -0.39 is 10.0 Å². The molecule has 142 valence electrons. The van der Waals surface area contributed by atoms with Crippen molar-refractivity contribution in [3.05, 3.63) is 60.4 Å². The second-order valence-corrected chi connectivity index (χ2v) is 8.08. The third-order valence-corrected chi connectivity index (χ3v) is 5.26. The van der Waals surface area contributed by atoms with E-state index in [-0.39, 0.29) is 18.2 Å². The van der Waals surface area contributed by atoms with Crippen LogP contribution in [0.1, 0.15) is 10.4 Å². The minimum atomic E-state index is -3.58. The van der Waals surface area contributed by atoms with Gasteiger partial charge in [-0.1, -0.05) is 0 Å². The third-order valence-electron chi connectivity index (χ3n) is 3.98. The summed E-state index contributed by atoms with van der Waals surface area (Å²) in [6.45, 7) is 0.0124. The predicted octanol–water partition coefficient (Wildman–Crippen LogP) is 1.57. The normalized spacial score (nSPS) is 11.3. The Hall–Kier alpha value is -3.07. The molecule has 0 aliphatic rings. The highest BCUT2D eigenvalue weighted by Crippen LogP contribution is 2.14. The zero-order valence-corrected chi connectivity index (χ0v) is 15.9. The SMILES string of the molecule is CN(C)c1ccc(C(=O)NCCS(=O)(=O)Nc2ccn3nccc3c2)cc1. The summed E-state index contributed by atoms with van der Waals surface area (Å²) in [6.07, 6.45) is 3.31. The molecule has 3 aromatic rings. The molecule has 0 bridgehead atoms. The van der Waals surface area contributed by atoms with Gasteiger partial charge in [-0.25, -0.2) is 12.9 Å². The zero-order chi connectivity index (χ0) is 19.4. The monoisotopic (exact) mass is 387 g/mol. The number of hydrogen-bond acceptors (Lipinski definition) is 5. The molecule has 0 aliphatic heterocycles. The van der Waals surface area contributed by atoms with Crippen molar-refractivity contribution in [1.82, 2.24) is 14.9 Å². The highest BCUT2D eigenvalue weighted by molar-refractivity contribution is 7.92. The van der Waals surface area contributed by atoms with Crippen molar-refractivity contribution in [2.24, 2.45) is 0 Å². The predicted molar refractivity (Wildman–Crippen MR) is 106 cm³/mol. The van der Waals surface area contributed by atoms with Gasteiger partial charge in [0.05, 0.1) is 17.0 Å². The molecule has 0 aliphatic carbocycles. The van der Waals surface area contributed by atoms with Crippen molar-refractivity contribution in [2.75, 3.05) is 36.0 Å². The molecular formula is C18H21N5O3S. The second kappa shape index (κ2) is 7.67. The second-order valence-electron chi connectivity index (χ2n) is 6.23. The summed E-state index contributed by atoms with van der Waals surface area (Å²) in [4.78, 5) is 14.1. The Bertz CT molecular complexity index is 1040. The van der Waals surface area contributed by atoms with Crippen molar-refractivity contribution in [2.45, 2.75) is 0 Å². The van der Waals surface area contributed by atoms with Gasteiger partial charge >= 0.3 is 0 Å². The molecule has 0 saturated heterocycles. The number of rotatable bonds is 7. The van der Waals surface area contributed by atoms with Crippen LogP contribution in [-0.2, 0) is 10.0 Å². The van der Waals surface area contributed by atoms with Crippen LogP contribution in [-0.4, -0.2) is 50.3 Å². The first-order valence-corrected chi connectivity index (χ1v) is 9.99. The Kier molecular flexibility index (Phi) is 5.31. The highest BCUT2D eigenvalue weighted by Gasteiger charge is 2.12. The van der Waals surface area contributed by atoms with Crippen LogP contribution >= 0.6 is 0 Å². The first-order valence-electron chi connectivity index (χ1n) is 8.33. The molecule has 1 aromatic carbocycles. The van der Waals surface area contributed by atoms with Crippen LogP contribution in [0.5, 0.6) is 0 Å². The number of pyridine rings is 1. The topological polar surface area (TPSA) is 95.8 Å². The molecule has 2 N–H and O–H groups in total. The third kappa shape index (κ3) is 4.76. The van der Waals surface area contributed by atoms with Gasteiger partial charge in [0.15, 0.2) is 0 Å². The molecule has 2 heterocycles. The fourth-order valence-corrected chi connectivity index (χ4v) is 3.49. The van der Waals surface area contributed by atoms with Crippen LogP contribution in [0.25, 0.3) is 5.52 Å². The summed E-state index contributed by atoms with van der Waals surface area (Å²) in [5.41, 5.74) is 2.70. The summed E-state index contributed by atoms with van der Waals surface area (Å²) in [6, 6.07) is 12.2. The summed E-state index contributed by atoms with van der Waals surface area (Å²) < 4.78 is 28.6. The van der Waals surface area contributed by atoms with Crippen LogP contribution in [0.4, 0.5) is 11.4 Å². The number of benzene rings is 1. The van der Waals surface area contributed by atoms with E-state index >= 15 is 0 Å². The number of nitrogens with zero attached hydrogens (tertiary/aromatic N) is 3. The lowest BCUT2D eigenvalue weighted by molar-refractivity contribution is 0.0956. The number of carbonyl (C=O) groups excluding carboxylic acids is 1. The lowest BCUT2D eigenvalue weighted by Crippen LogP contribution is -2.31. The number of nitrogens with one attached hydrogen (secondary N) is 2. The molecule has 0 fully saturated rings. The van der Waals surface area contributed by atoms with Crippen LogP contribution in [0.15, 0.2) is 54.9 Å². The fourth-order valence-electron chi connectivity index (χ4n) is 2.53. The minimum Gasteiger partial charge on any atom is -0.378 e. The van der Waals surface area contributed by atoms with Gasteiger partial charge in [0.2, 0.25) is 10.0 Å². The maximum atomic E-state index is 12.2. The Morgan fingerprint density at radius 1 is 1.15 bits per heavy atom. The quantitative estimate of drug-likeness (QED) is 0.642. The molecule has 1 amide bonds. The molecule has 0 spiro atoms. The molecular weight excluding hydrogens is 366 g/mol. The molecule has 27 heavy (non-hydrogen) atoms. The van der Waals surface area contributed by atoms with E-state index in [1.807, 2.05) is 31.1 Å². The lowest BCUT2D eigenvalue weighted by Gasteiger charge is -2.13. The molecule has 0 atom stereocenters. The molecule has 3 rings (SSSR count). The van der Waals surface area contributed by atoms with Gasteiger partial charge in [-0.15, -0.1) is 0 Å². The van der Waals surface area contributed by atoms with E-state index in [1.54, 1.807) is 47.2 Å². The van der Waals surface area contributed by atoms with Crippen LogP contribution < -0.4 is 14.9 Å². The average molecular weight is 387 g/mol. The van der Waals surface area contributed by atoms with Gasteiger partial charge in [0.25, 0.3) is 5.91 Å². The number of fused-ring (bicyclic) bond motifs is 1. The number of sulfonamides is 1. The first kappa shape index (κ1) is 18.7. The molecule has 0 radical (unpaired) electrons. The Labute approximate surface area is 157 Å². The maximum absolute atomic E-state index is 12.2. The van der Waals surface area contributed by atoms with E-state index in [0.29, 0.717) is 11.3 Å². The van der Waals surface area contributed by atoms with Gasteiger partial charge < -0.3 is 10.2 Å². The summed E-state index contributed by atoms with van der Waals surface area (Å²) in [5.74, 6) is -0.532. The minimum absolute atomic E-state index is 0.0124. The van der Waals surface area contributed by atoms with Crippen LogP contribution in [0.3, 0.4) is 0 Å². The van der Waals surface area contributed by atoms with Gasteiger partial charge in [-0.3, -0.25) is 9.52 Å². The fraction of sp³-hybridized carbons (Fsp3) is 0.222.